The van der Waals surface area contributed by atoms with E-state index in [9.17, 15) is 24.0 Å². The van der Waals surface area contributed by atoms with Crippen LogP contribution in [0.2, 0.25) is 0 Å². The van der Waals surface area contributed by atoms with Crippen molar-refractivity contribution in [2.24, 2.45) is 0 Å². The summed E-state index contributed by atoms with van der Waals surface area (Å²) in [4.78, 5) is 65.4. The second-order valence-electron chi connectivity index (χ2n) is 11.1. The lowest BCUT2D eigenvalue weighted by Gasteiger charge is -2.33. The third-order valence-corrected chi connectivity index (χ3v) is 8.08. The molecule has 5 rings (SSSR count). The van der Waals surface area contributed by atoms with Crippen LogP contribution in [0.25, 0.3) is 0 Å². The number of likely N-dealkylation sites (tertiary alicyclic amines) is 1. The minimum atomic E-state index is -1.02. The molecule has 1 aromatic carbocycles. The van der Waals surface area contributed by atoms with Crippen molar-refractivity contribution in [3.63, 3.8) is 0 Å². The van der Waals surface area contributed by atoms with E-state index in [4.69, 9.17) is 4.74 Å². The van der Waals surface area contributed by atoms with E-state index >= 15 is 0 Å². The maximum atomic E-state index is 13.3. The van der Waals surface area contributed by atoms with E-state index in [2.05, 4.69) is 31.7 Å². The van der Waals surface area contributed by atoms with Crippen molar-refractivity contribution in [2.75, 3.05) is 18.4 Å². The van der Waals surface area contributed by atoms with Crippen LogP contribution in [0.4, 0.5) is 10.5 Å². The van der Waals surface area contributed by atoms with Gasteiger partial charge in [-0.2, -0.15) is 5.10 Å². The normalized spacial score (nSPS) is 20.1. The maximum Gasteiger partial charge on any atom is 0.410 e. The number of nitrogens with one attached hydrogen (secondary N) is 2. The minimum absolute atomic E-state index is 0.0625. The van der Waals surface area contributed by atoms with Crippen LogP contribution in [-0.4, -0.2) is 74.0 Å². The summed E-state index contributed by atoms with van der Waals surface area (Å²) >= 11 is 3.66. The second-order valence-corrected chi connectivity index (χ2v) is 11.9. The van der Waals surface area contributed by atoms with Crippen LogP contribution in [0.1, 0.15) is 78.8 Å². The quantitative estimate of drug-likeness (QED) is 0.489. The molecule has 13 heteroatoms. The van der Waals surface area contributed by atoms with E-state index < -0.39 is 35.3 Å². The highest BCUT2D eigenvalue weighted by atomic mass is 79.9. The molecule has 4 heterocycles. The number of hydrogen-bond acceptors (Lipinski definition) is 8. The van der Waals surface area contributed by atoms with Gasteiger partial charge in [-0.25, -0.2) is 4.79 Å². The lowest BCUT2D eigenvalue weighted by atomic mass is 10.0. The van der Waals surface area contributed by atoms with E-state index in [0.29, 0.717) is 25.3 Å². The molecule has 2 saturated heterocycles. The van der Waals surface area contributed by atoms with Gasteiger partial charge in [-0.05, 0) is 68.1 Å². The number of fused-ring (bicyclic) bond motifs is 1. The number of ether oxygens (including phenoxy) is 1. The van der Waals surface area contributed by atoms with E-state index in [0.717, 1.165) is 27.9 Å². The van der Waals surface area contributed by atoms with Crippen molar-refractivity contribution in [1.29, 1.82) is 0 Å². The number of nitrogens with zero attached hydrogens (tertiary/aromatic N) is 4. The van der Waals surface area contributed by atoms with Gasteiger partial charge in [0.2, 0.25) is 11.8 Å². The van der Waals surface area contributed by atoms with Crippen molar-refractivity contribution in [2.45, 2.75) is 70.7 Å². The fourth-order valence-electron chi connectivity index (χ4n) is 5.23. The topological polar surface area (TPSA) is 143 Å². The van der Waals surface area contributed by atoms with E-state index in [1.165, 1.54) is 0 Å². The number of hydrogen-bond donors (Lipinski definition) is 2. The minimum Gasteiger partial charge on any atom is -0.444 e. The van der Waals surface area contributed by atoms with E-state index in [-0.39, 0.29) is 36.1 Å². The molecule has 0 spiro atoms. The zero-order chi connectivity index (χ0) is 28.8. The lowest BCUT2D eigenvalue weighted by Crippen LogP contribution is -2.54. The molecule has 2 aromatic rings. The summed E-state index contributed by atoms with van der Waals surface area (Å²) in [5.74, 6) is -2.18. The van der Waals surface area contributed by atoms with Crippen LogP contribution >= 0.6 is 15.9 Å². The molecule has 3 aliphatic rings. The molecule has 2 fully saturated rings. The molecule has 1 unspecified atom stereocenters. The predicted molar refractivity (Wildman–Crippen MR) is 146 cm³/mol. The van der Waals surface area contributed by atoms with E-state index in [1.54, 1.807) is 29.3 Å². The molecule has 212 valence electrons. The van der Waals surface area contributed by atoms with Gasteiger partial charge in [0.25, 0.3) is 11.8 Å². The summed E-state index contributed by atoms with van der Waals surface area (Å²) in [6.45, 7) is 7.00. The molecule has 12 nitrogen and oxygen atoms in total. The molecule has 0 bridgehead atoms. The number of benzene rings is 1. The number of anilines is 1. The summed E-state index contributed by atoms with van der Waals surface area (Å²) in [5, 5.41) is 10.0. The van der Waals surface area contributed by atoms with Gasteiger partial charge in [-0.15, -0.1) is 0 Å². The Morgan fingerprint density at radius 1 is 1.12 bits per heavy atom. The molecule has 0 radical (unpaired) electrons. The zero-order valence-corrected chi connectivity index (χ0v) is 24.1. The first-order chi connectivity index (χ1) is 18.9. The largest absolute Gasteiger partial charge is 0.444 e. The van der Waals surface area contributed by atoms with Crippen LogP contribution < -0.4 is 10.6 Å². The van der Waals surface area contributed by atoms with Crippen LogP contribution in [0, 0.1) is 0 Å². The number of carbonyl (C=O) groups excluding carboxylic acids is 5. The Bertz CT molecular complexity index is 1390. The first-order valence-electron chi connectivity index (χ1n) is 13.2. The van der Waals surface area contributed by atoms with Crippen LogP contribution in [0.5, 0.6) is 0 Å². The standard InChI is InChI=1S/C27H31BrN6O6/c1-27(2,3)40-26(39)32-11-9-16(10-12-32)34-22(28)15(14-30-34)13-29-18-6-4-5-17-21(18)25(38)33(24(17)37)19-7-8-20(35)31-23(19)36/h4-6,14,16,19,29H,7-13H2,1-3H3,(H,31,35,36). The number of aromatic nitrogens is 2. The highest BCUT2D eigenvalue weighted by Crippen LogP contribution is 2.34. The summed E-state index contributed by atoms with van der Waals surface area (Å²) in [7, 11) is 0. The average molecular weight is 615 g/mol. The van der Waals surface area contributed by atoms with Gasteiger partial charge in [-0.3, -0.25) is 34.1 Å². The molecule has 0 aliphatic carbocycles. The molecular weight excluding hydrogens is 584 g/mol. The molecule has 3 aliphatic heterocycles. The molecule has 40 heavy (non-hydrogen) atoms. The van der Waals surface area contributed by atoms with Gasteiger partial charge in [0.1, 0.15) is 16.2 Å². The smallest absolute Gasteiger partial charge is 0.410 e. The molecule has 1 atom stereocenters. The maximum absolute atomic E-state index is 13.3. The van der Waals surface area contributed by atoms with Crippen LogP contribution in [0.15, 0.2) is 29.0 Å². The Kier molecular flexibility index (Phi) is 7.42. The number of halogens is 1. The number of imide groups is 2. The highest BCUT2D eigenvalue weighted by Gasteiger charge is 2.45. The molecule has 1 aromatic heterocycles. The molecule has 2 N–H and O–H groups in total. The SMILES string of the molecule is CC(C)(C)OC(=O)N1CCC(n2ncc(CNc3cccc4c3C(=O)N(C3CCC(=O)NC3=O)C4=O)c2Br)CC1. The summed E-state index contributed by atoms with van der Waals surface area (Å²) in [5.41, 5.74) is 1.20. The Balaban J connectivity index is 1.25. The first kappa shape index (κ1) is 27.8. The Hall–Kier alpha value is -3.74. The zero-order valence-electron chi connectivity index (χ0n) is 22.5. The summed E-state index contributed by atoms with van der Waals surface area (Å²) < 4.78 is 8.17. The molecular formula is C27H31BrN6O6. The number of carbonyl (C=O) groups is 5. The molecule has 5 amide bonds. The van der Waals surface area contributed by atoms with Crippen LogP contribution in [-0.2, 0) is 20.9 Å². The van der Waals surface area contributed by atoms with Crippen LogP contribution in [0.3, 0.4) is 0 Å². The fraction of sp³-hybridized carbons (Fsp3) is 0.481. The monoisotopic (exact) mass is 614 g/mol. The number of rotatable bonds is 5. The predicted octanol–water partition coefficient (Wildman–Crippen LogP) is 3.23. The Morgan fingerprint density at radius 3 is 2.52 bits per heavy atom. The van der Waals surface area contributed by atoms with Gasteiger partial charge in [0.15, 0.2) is 0 Å². The summed E-state index contributed by atoms with van der Waals surface area (Å²) in [6.07, 6.45) is 3.05. The molecule has 0 saturated carbocycles. The van der Waals surface area contributed by atoms with Gasteiger partial charge >= 0.3 is 6.09 Å². The van der Waals surface area contributed by atoms with Gasteiger partial charge in [0, 0.05) is 37.3 Å². The highest BCUT2D eigenvalue weighted by molar-refractivity contribution is 9.10. The van der Waals surface area contributed by atoms with Crippen molar-refractivity contribution in [3.05, 3.63) is 45.7 Å². The third-order valence-electron chi connectivity index (χ3n) is 7.20. The van der Waals surface area contributed by atoms with Gasteiger partial charge in [-0.1, -0.05) is 6.07 Å². The first-order valence-corrected chi connectivity index (χ1v) is 14.0. The average Bonchev–Trinajstić information content (AvgIpc) is 3.39. The fourth-order valence-corrected chi connectivity index (χ4v) is 5.85. The van der Waals surface area contributed by atoms with E-state index in [1.807, 2.05) is 25.5 Å². The summed E-state index contributed by atoms with van der Waals surface area (Å²) in [6, 6.07) is 4.03. The number of piperidine rings is 2. The second kappa shape index (κ2) is 10.7. The van der Waals surface area contributed by atoms with Crippen molar-refractivity contribution >= 4 is 51.3 Å². The van der Waals surface area contributed by atoms with Gasteiger partial charge < -0.3 is 15.0 Å². The van der Waals surface area contributed by atoms with Gasteiger partial charge in [0.05, 0.1) is 23.4 Å². The van der Waals surface area contributed by atoms with Crippen molar-refractivity contribution in [1.82, 2.24) is 24.9 Å². The number of amides is 5. The van der Waals surface area contributed by atoms with Crippen molar-refractivity contribution < 1.29 is 28.7 Å². The lowest BCUT2D eigenvalue weighted by molar-refractivity contribution is -0.136. The third kappa shape index (κ3) is 5.34. The Labute approximate surface area is 239 Å². The van der Waals surface area contributed by atoms with Crippen molar-refractivity contribution in [3.8, 4) is 0 Å². The Morgan fingerprint density at radius 2 is 1.85 bits per heavy atom.